The van der Waals surface area contributed by atoms with Crippen molar-refractivity contribution in [2.24, 2.45) is 0 Å². The van der Waals surface area contributed by atoms with Crippen LogP contribution in [0.1, 0.15) is 52.4 Å². The molecule has 1 heterocycles. The standard InChI is InChI=1S/C15H28N2O3S/c1-3-17(13-7-5-4-6-8-13)11-14(18)16-15(2)9-10-21(19,20)12-15/h13H,3-12H2,1-2H3,(H,16,18). The summed E-state index contributed by atoms with van der Waals surface area (Å²) in [6, 6.07) is 0.509. The van der Waals surface area contributed by atoms with Gasteiger partial charge in [-0.3, -0.25) is 9.69 Å². The van der Waals surface area contributed by atoms with Gasteiger partial charge < -0.3 is 5.32 Å². The summed E-state index contributed by atoms with van der Waals surface area (Å²) in [6.45, 7) is 5.18. The molecule has 21 heavy (non-hydrogen) atoms. The van der Waals surface area contributed by atoms with Gasteiger partial charge in [0, 0.05) is 6.04 Å². The first kappa shape index (κ1) is 16.7. The number of nitrogens with one attached hydrogen (secondary N) is 1. The number of nitrogens with zero attached hydrogens (tertiary/aromatic N) is 1. The van der Waals surface area contributed by atoms with Gasteiger partial charge in [-0.15, -0.1) is 0 Å². The summed E-state index contributed by atoms with van der Waals surface area (Å²) in [6.07, 6.45) is 6.67. The summed E-state index contributed by atoms with van der Waals surface area (Å²) in [4.78, 5) is 14.5. The zero-order chi connectivity index (χ0) is 15.5. The van der Waals surface area contributed by atoms with Gasteiger partial charge >= 0.3 is 0 Å². The molecule has 1 aliphatic carbocycles. The summed E-state index contributed by atoms with van der Waals surface area (Å²) >= 11 is 0. The predicted molar refractivity (Wildman–Crippen MR) is 83.9 cm³/mol. The van der Waals surface area contributed by atoms with Crippen molar-refractivity contribution >= 4 is 15.7 Å². The number of hydrogen-bond donors (Lipinski definition) is 1. The Hall–Kier alpha value is -0.620. The number of carbonyl (C=O) groups is 1. The third-order valence-corrected chi connectivity index (χ3v) is 6.69. The summed E-state index contributed by atoms with van der Waals surface area (Å²) < 4.78 is 23.2. The minimum Gasteiger partial charge on any atom is -0.349 e. The summed E-state index contributed by atoms with van der Waals surface area (Å²) in [5.74, 6) is 0.215. The second kappa shape index (κ2) is 6.65. The molecule has 122 valence electrons. The second-order valence-corrected chi connectivity index (χ2v) is 8.99. The van der Waals surface area contributed by atoms with Crippen LogP contribution in [-0.2, 0) is 14.6 Å². The van der Waals surface area contributed by atoms with E-state index in [0.717, 1.165) is 6.54 Å². The van der Waals surface area contributed by atoms with Crippen LogP contribution in [0, 0.1) is 0 Å². The monoisotopic (exact) mass is 316 g/mol. The fourth-order valence-corrected chi connectivity index (χ4v) is 5.71. The van der Waals surface area contributed by atoms with Crippen LogP contribution in [0.3, 0.4) is 0 Å². The van der Waals surface area contributed by atoms with Crippen LogP contribution in [0.2, 0.25) is 0 Å². The van der Waals surface area contributed by atoms with Gasteiger partial charge in [-0.2, -0.15) is 0 Å². The zero-order valence-electron chi connectivity index (χ0n) is 13.2. The Morgan fingerprint density at radius 2 is 1.95 bits per heavy atom. The van der Waals surface area contributed by atoms with Gasteiger partial charge in [-0.05, 0) is 32.7 Å². The van der Waals surface area contributed by atoms with Crippen LogP contribution in [-0.4, -0.2) is 55.4 Å². The minimum absolute atomic E-state index is 0.0398. The molecule has 1 unspecified atom stereocenters. The third kappa shape index (κ3) is 4.68. The van der Waals surface area contributed by atoms with E-state index in [1.54, 1.807) is 0 Å². The average molecular weight is 316 g/mol. The van der Waals surface area contributed by atoms with Gasteiger partial charge in [0.25, 0.3) is 0 Å². The highest BCUT2D eigenvalue weighted by molar-refractivity contribution is 7.91. The molecule has 1 saturated carbocycles. The fourth-order valence-electron chi connectivity index (χ4n) is 3.61. The van der Waals surface area contributed by atoms with Crippen LogP contribution >= 0.6 is 0 Å². The summed E-state index contributed by atoms with van der Waals surface area (Å²) in [5.41, 5.74) is -0.581. The first-order chi connectivity index (χ1) is 9.84. The molecule has 2 fully saturated rings. The normalized spacial score (nSPS) is 29.7. The van der Waals surface area contributed by atoms with Crippen molar-refractivity contribution in [3.63, 3.8) is 0 Å². The van der Waals surface area contributed by atoms with Crippen molar-refractivity contribution in [2.75, 3.05) is 24.6 Å². The molecule has 0 radical (unpaired) electrons. The highest BCUT2D eigenvalue weighted by Crippen LogP contribution is 2.24. The number of carbonyl (C=O) groups excluding carboxylic acids is 1. The van der Waals surface area contributed by atoms with Crippen molar-refractivity contribution in [2.45, 2.75) is 64.0 Å². The lowest BCUT2D eigenvalue weighted by Gasteiger charge is -2.34. The van der Waals surface area contributed by atoms with Crippen molar-refractivity contribution in [1.82, 2.24) is 10.2 Å². The van der Waals surface area contributed by atoms with Crippen LogP contribution in [0.25, 0.3) is 0 Å². The second-order valence-electron chi connectivity index (χ2n) is 6.81. The Balaban J connectivity index is 1.88. The molecule has 2 aliphatic rings. The Labute approximate surface area is 128 Å². The first-order valence-electron chi connectivity index (χ1n) is 8.09. The van der Waals surface area contributed by atoms with Crippen LogP contribution < -0.4 is 5.32 Å². The molecule has 6 heteroatoms. The van der Waals surface area contributed by atoms with Crippen LogP contribution in [0.5, 0.6) is 0 Å². The van der Waals surface area contributed by atoms with E-state index in [2.05, 4.69) is 17.1 Å². The molecular weight excluding hydrogens is 288 g/mol. The number of likely N-dealkylation sites (N-methyl/N-ethyl adjacent to an activating group) is 1. The fraction of sp³-hybridized carbons (Fsp3) is 0.933. The van der Waals surface area contributed by atoms with E-state index >= 15 is 0 Å². The molecule has 1 N–H and O–H groups in total. The Bertz CT molecular complexity index is 471. The van der Waals surface area contributed by atoms with E-state index in [0.29, 0.717) is 19.0 Å². The first-order valence-corrected chi connectivity index (χ1v) is 9.91. The molecule has 1 amide bonds. The lowest BCUT2D eigenvalue weighted by atomic mass is 9.94. The molecule has 0 aromatic carbocycles. The zero-order valence-corrected chi connectivity index (χ0v) is 14.0. The molecule has 1 atom stereocenters. The van der Waals surface area contributed by atoms with Gasteiger partial charge in [0.05, 0.1) is 23.6 Å². The smallest absolute Gasteiger partial charge is 0.234 e. The molecule has 2 rings (SSSR count). The van der Waals surface area contributed by atoms with E-state index in [4.69, 9.17) is 0 Å². The Morgan fingerprint density at radius 1 is 1.29 bits per heavy atom. The number of sulfone groups is 1. The topological polar surface area (TPSA) is 66.5 Å². The molecule has 0 aromatic heterocycles. The van der Waals surface area contributed by atoms with Gasteiger partial charge in [-0.1, -0.05) is 26.2 Å². The van der Waals surface area contributed by atoms with E-state index in [1.165, 1.54) is 32.1 Å². The predicted octanol–water partition coefficient (Wildman–Crippen LogP) is 1.33. The summed E-state index contributed by atoms with van der Waals surface area (Å²) in [5, 5.41) is 2.95. The Kier molecular flexibility index (Phi) is 5.30. The lowest BCUT2D eigenvalue weighted by Crippen LogP contribution is -2.51. The number of hydrogen-bond acceptors (Lipinski definition) is 4. The molecule has 1 aliphatic heterocycles. The van der Waals surface area contributed by atoms with Crippen molar-refractivity contribution < 1.29 is 13.2 Å². The number of rotatable bonds is 5. The molecular formula is C15H28N2O3S. The van der Waals surface area contributed by atoms with E-state index in [9.17, 15) is 13.2 Å². The number of amides is 1. The molecule has 0 spiro atoms. The SMILES string of the molecule is CCN(CC(=O)NC1(C)CCS(=O)(=O)C1)C1CCCCC1. The van der Waals surface area contributed by atoms with Crippen LogP contribution in [0.15, 0.2) is 0 Å². The van der Waals surface area contributed by atoms with E-state index in [-0.39, 0.29) is 17.4 Å². The lowest BCUT2D eigenvalue weighted by molar-refractivity contribution is -0.124. The van der Waals surface area contributed by atoms with Gasteiger partial charge in [0.15, 0.2) is 9.84 Å². The van der Waals surface area contributed by atoms with Gasteiger partial charge in [-0.25, -0.2) is 8.42 Å². The molecule has 0 aromatic rings. The van der Waals surface area contributed by atoms with Crippen LogP contribution in [0.4, 0.5) is 0 Å². The summed E-state index contributed by atoms with van der Waals surface area (Å²) in [7, 11) is -2.98. The average Bonchev–Trinajstić information content (AvgIpc) is 2.70. The third-order valence-electron chi connectivity index (χ3n) is 4.79. The van der Waals surface area contributed by atoms with Crippen molar-refractivity contribution in [1.29, 1.82) is 0 Å². The Morgan fingerprint density at radius 3 is 2.48 bits per heavy atom. The van der Waals surface area contributed by atoms with E-state index < -0.39 is 15.4 Å². The molecule has 0 bridgehead atoms. The van der Waals surface area contributed by atoms with Gasteiger partial charge in [0.1, 0.15) is 0 Å². The van der Waals surface area contributed by atoms with Gasteiger partial charge in [0.2, 0.25) is 5.91 Å². The highest BCUT2D eigenvalue weighted by Gasteiger charge is 2.39. The minimum atomic E-state index is -2.98. The maximum absolute atomic E-state index is 12.3. The molecule has 5 nitrogen and oxygen atoms in total. The maximum Gasteiger partial charge on any atom is 0.234 e. The highest BCUT2D eigenvalue weighted by atomic mass is 32.2. The quantitative estimate of drug-likeness (QED) is 0.831. The van der Waals surface area contributed by atoms with E-state index in [1.807, 2.05) is 6.92 Å². The van der Waals surface area contributed by atoms with Crippen molar-refractivity contribution in [3.05, 3.63) is 0 Å². The largest absolute Gasteiger partial charge is 0.349 e. The maximum atomic E-state index is 12.3. The van der Waals surface area contributed by atoms with Crippen molar-refractivity contribution in [3.8, 4) is 0 Å². The molecule has 1 saturated heterocycles.